The van der Waals surface area contributed by atoms with Gasteiger partial charge in [0.1, 0.15) is 0 Å². The van der Waals surface area contributed by atoms with Crippen molar-refractivity contribution < 1.29 is 0 Å². The number of aryl methyl sites for hydroxylation is 1. The summed E-state index contributed by atoms with van der Waals surface area (Å²) in [6, 6.07) is 41.9. The summed E-state index contributed by atoms with van der Waals surface area (Å²) in [5.74, 6) is 0.627. The predicted molar refractivity (Wildman–Crippen MR) is 204 cm³/mol. The molecule has 1 heterocycles. The Morgan fingerprint density at radius 1 is 0.830 bits per heavy atom. The van der Waals surface area contributed by atoms with Gasteiger partial charge in [0.05, 0.1) is 5.69 Å². The van der Waals surface area contributed by atoms with Crippen molar-refractivity contribution in [2.45, 2.75) is 65.2 Å². The van der Waals surface area contributed by atoms with E-state index in [9.17, 15) is 0 Å². The highest BCUT2D eigenvalue weighted by atomic mass is 15.2. The van der Waals surface area contributed by atoms with Crippen LogP contribution in [0.5, 0.6) is 0 Å². The summed E-state index contributed by atoms with van der Waals surface area (Å²) in [6.45, 7) is 19.8. The van der Waals surface area contributed by atoms with Gasteiger partial charge in [0, 0.05) is 28.5 Å². The van der Waals surface area contributed by atoms with E-state index in [4.69, 9.17) is 6.58 Å². The molecule has 1 aliphatic rings. The fraction of sp³-hybridized carbons (Fsp3) is 0.261. The Balaban J connectivity index is 1.41. The van der Waals surface area contributed by atoms with Gasteiger partial charge in [0.15, 0.2) is 0 Å². The molecule has 1 atom stereocenters. The Morgan fingerprint density at radius 3 is 2.23 bits per heavy atom. The molecule has 0 spiro atoms. The molecule has 0 fully saturated rings. The van der Waals surface area contributed by atoms with Gasteiger partial charge < -0.3 is 4.90 Å². The Bertz CT molecular complexity index is 1940. The van der Waals surface area contributed by atoms with Crippen molar-refractivity contribution in [2.75, 3.05) is 11.4 Å². The number of hydrogen-bond acceptors (Lipinski definition) is 1. The number of rotatable bonds is 10. The van der Waals surface area contributed by atoms with Crippen LogP contribution < -0.4 is 4.90 Å². The van der Waals surface area contributed by atoms with E-state index in [-0.39, 0.29) is 10.8 Å². The zero-order valence-corrected chi connectivity index (χ0v) is 29.1. The highest BCUT2D eigenvalue weighted by molar-refractivity contribution is 5.99. The molecule has 1 unspecified atom stereocenters. The summed E-state index contributed by atoms with van der Waals surface area (Å²) in [5.41, 5.74) is 11.2. The second kappa shape index (κ2) is 13.2. The Labute approximate surface area is 283 Å². The Hall–Kier alpha value is -4.62. The average Bonchev–Trinajstić information content (AvgIpc) is 3.30. The van der Waals surface area contributed by atoms with Crippen LogP contribution in [0.1, 0.15) is 63.3 Å². The summed E-state index contributed by atoms with van der Waals surface area (Å²) in [6.07, 6.45) is 8.89. The molecule has 0 amide bonds. The zero-order chi connectivity index (χ0) is 33.2. The Kier molecular flexibility index (Phi) is 9.11. The van der Waals surface area contributed by atoms with Gasteiger partial charge in [-0.05, 0) is 82.2 Å². The van der Waals surface area contributed by atoms with E-state index >= 15 is 0 Å². The van der Waals surface area contributed by atoms with Gasteiger partial charge in [-0.1, -0.05) is 163 Å². The second-order valence-electron chi connectivity index (χ2n) is 14.5. The standard InChI is InChI=1S/C46H49N/c1-33(2)29-30-47-43(45(5,6)41-28-27-38-22-14-15-23-40(38)44(41)47)24-16-17-35(4)46(7,32-36-18-10-8-11-19-36)42-31-39(26-25-34(42)3)37-20-12-9-13-21-37/h8-28,31,33H,4,29-30,32H2,1-3,5-7H3/b17-16+,43-24+. The van der Waals surface area contributed by atoms with Gasteiger partial charge in [0.25, 0.3) is 0 Å². The van der Waals surface area contributed by atoms with E-state index < -0.39 is 0 Å². The molecule has 47 heavy (non-hydrogen) atoms. The maximum Gasteiger partial charge on any atom is 0.0530 e. The highest BCUT2D eigenvalue weighted by Crippen LogP contribution is 2.51. The van der Waals surface area contributed by atoms with E-state index in [0.29, 0.717) is 5.92 Å². The zero-order valence-electron chi connectivity index (χ0n) is 29.1. The number of allylic oxidation sites excluding steroid dienone is 5. The fourth-order valence-corrected chi connectivity index (χ4v) is 7.42. The molecule has 1 heteroatoms. The van der Waals surface area contributed by atoms with Crippen LogP contribution in [-0.2, 0) is 17.3 Å². The number of hydrogen-bond donors (Lipinski definition) is 0. The van der Waals surface area contributed by atoms with Crippen LogP contribution in [0.2, 0.25) is 0 Å². The lowest BCUT2D eigenvalue weighted by Gasteiger charge is -2.34. The summed E-state index contributed by atoms with van der Waals surface area (Å²) in [7, 11) is 0. The van der Waals surface area contributed by atoms with Crippen molar-refractivity contribution in [2.24, 2.45) is 5.92 Å². The first-order valence-electron chi connectivity index (χ1n) is 17.2. The molecule has 6 rings (SSSR count). The maximum absolute atomic E-state index is 4.77. The summed E-state index contributed by atoms with van der Waals surface area (Å²) >= 11 is 0. The van der Waals surface area contributed by atoms with Gasteiger partial charge in [-0.2, -0.15) is 0 Å². The number of benzene rings is 5. The lowest BCUT2D eigenvalue weighted by molar-refractivity contribution is 0.564. The molecule has 0 saturated heterocycles. The number of anilines is 1. The van der Waals surface area contributed by atoms with E-state index in [2.05, 4.69) is 180 Å². The molecule has 0 saturated carbocycles. The minimum Gasteiger partial charge on any atom is -0.343 e. The first-order valence-corrected chi connectivity index (χ1v) is 17.2. The van der Waals surface area contributed by atoms with Crippen molar-refractivity contribution in [3.8, 4) is 11.1 Å². The van der Waals surface area contributed by atoms with Crippen LogP contribution in [0.3, 0.4) is 0 Å². The van der Waals surface area contributed by atoms with Crippen LogP contribution in [0.15, 0.2) is 151 Å². The number of nitrogens with zero attached hydrogens (tertiary/aromatic N) is 1. The topological polar surface area (TPSA) is 3.24 Å². The van der Waals surface area contributed by atoms with Crippen molar-refractivity contribution >= 4 is 16.5 Å². The molecule has 0 bridgehead atoms. The third-order valence-corrected chi connectivity index (χ3v) is 10.3. The van der Waals surface area contributed by atoms with Gasteiger partial charge in [-0.3, -0.25) is 0 Å². The van der Waals surface area contributed by atoms with Crippen molar-refractivity contribution in [3.05, 3.63) is 174 Å². The quantitative estimate of drug-likeness (QED) is 0.141. The average molecular weight is 616 g/mol. The molecule has 1 nitrogen and oxygen atoms in total. The summed E-state index contributed by atoms with van der Waals surface area (Å²) in [5, 5.41) is 2.63. The second-order valence-corrected chi connectivity index (χ2v) is 14.5. The molecule has 0 aliphatic carbocycles. The molecule has 0 N–H and O–H groups in total. The molecule has 238 valence electrons. The maximum atomic E-state index is 4.77. The van der Waals surface area contributed by atoms with Crippen LogP contribution in [0.4, 0.5) is 5.69 Å². The lowest BCUT2D eigenvalue weighted by Crippen LogP contribution is -2.28. The summed E-state index contributed by atoms with van der Waals surface area (Å²) < 4.78 is 0. The predicted octanol–water partition coefficient (Wildman–Crippen LogP) is 12.2. The molecule has 5 aromatic carbocycles. The van der Waals surface area contributed by atoms with Crippen molar-refractivity contribution in [1.82, 2.24) is 0 Å². The van der Waals surface area contributed by atoms with Crippen molar-refractivity contribution in [3.63, 3.8) is 0 Å². The van der Waals surface area contributed by atoms with E-state index in [0.717, 1.165) is 25.0 Å². The monoisotopic (exact) mass is 615 g/mol. The first kappa shape index (κ1) is 32.3. The first-order chi connectivity index (χ1) is 22.6. The minimum atomic E-state index is -0.299. The third-order valence-electron chi connectivity index (χ3n) is 10.3. The lowest BCUT2D eigenvalue weighted by atomic mass is 9.70. The third kappa shape index (κ3) is 6.37. The van der Waals surface area contributed by atoms with Crippen LogP contribution in [-0.4, -0.2) is 6.54 Å². The van der Waals surface area contributed by atoms with Gasteiger partial charge in [-0.15, -0.1) is 0 Å². The van der Waals surface area contributed by atoms with E-state index in [1.165, 1.54) is 55.5 Å². The largest absolute Gasteiger partial charge is 0.343 e. The normalized spacial score (nSPS) is 16.2. The summed E-state index contributed by atoms with van der Waals surface area (Å²) in [4.78, 5) is 2.60. The highest BCUT2D eigenvalue weighted by Gasteiger charge is 2.40. The molecule has 5 aromatic rings. The molecular weight excluding hydrogens is 567 g/mol. The van der Waals surface area contributed by atoms with Crippen LogP contribution in [0, 0.1) is 12.8 Å². The van der Waals surface area contributed by atoms with E-state index in [1.807, 2.05) is 0 Å². The number of fused-ring (bicyclic) bond motifs is 3. The van der Waals surface area contributed by atoms with E-state index in [1.54, 1.807) is 0 Å². The van der Waals surface area contributed by atoms with Crippen LogP contribution >= 0.6 is 0 Å². The SMILES string of the molecule is C=C(/C=C/C=C1/N(CCC(C)C)c2c(ccc3ccccc23)C1(C)C)C(C)(Cc1ccccc1)c1cc(-c2ccccc2)ccc1C. The molecule has 0 aromatic heterocycles. The Morgan fingerprint density at radius 2 is 1.51 bits per heavy atom. The van der Waals surface area contributed by atoms with Crippen molar-refractivity contribution in [1.29, 1.82) is 0 Å². The fourth-order valence-electron chi connectivity index (χ4n) is 7.42. The molecule has 0 radical (unpaired) electrons. The molecule has 1 aliphatic heterocycles. The molecular formula is C46H49N. The van der Waals surface area contributed by atoms with Gasteiger partial charge >= 0.3 is 0 Å². The smallest absolute Gasteiger partial charge is 0.0530 e. The minimum absolute atomic E-state index is 0.115. The van der Waals surface area contributed by atoms with Crippen LogP contribution in [0.25, 0.3) is 21.9 Å². The van der Waals surface area contributed by atoms with Gasteiger partial charge in [-0.25, -0.2) is 0 Å². The van der Waals surface area contributed by atoms with Gasteiger partial charge in [0.2, 0.25) is 0 Å².